The Hall–Kier alpha value is -0.850. The number of carbonyl (C=O) groups is 1. The summed E-state index contributed by atoms with van der Waals surface area (Å²) >= 11 is 0. The summed E-state index contributed by atoms with van der Waals surface area (Å²) in [7, 11) is 0. The van der Waals surface area contributed by atoms with E-state index in [1.54, 1.807) is 0 Å². The lowest BCUT2D eigenvalue weighted by Crippen LogP contribution is -1.84. The van der Waals surface area contributed by atoms with Crippen molar-refractivity contribution in [3.8, 4) is 0 Å². The van der Waals surface area contributed by atoms with E-state index in [1.165, 1.54) is 38.5 Å². The van der Waals surface area contributed by atoms with Crippen LogP contribution in [0.3, 0.4) is 0 Å². The minimum absolute atomic E-state index is 0.852. The molecule has 0 heterocycles. The first-order valence-corrected chi connectivity index (χ1v) is 5.75. The van der Waals surface area contributed by atoms with Gasteiger partial charge in [-0.1, -0.05) is 43.9 Å². The predicted molar refractivity (Wildman–Crippen MR) is 60.2 cm³/mol. The van der Waals surface area contributed by atoms with Gasteiger partial charge in [-0.05, 0) is 25.7 Å². The van der Waals surface area contributed by atoms with Crippen molar-refractivity contribution in [3.05, 3.63) is 23.8 Å². The van der Waals surface area contributed by atoms with Gasteiger partial charge in [0.2, 0.25) is 0 Å². The average Bonchev–Trinajstić information content (AvgIpc) is 2.19. The number of hydrogen-bond donors (Lipinski definition) is 0. The molecule has 0 unspecified atom stereocenters. The molecule has 0 N–H and O–H groups in total. The van der Waals surface area contributed by atoms with Crippen molar-refractivity contribution in [2.24, 2.45) is 0 Å². The van der Waals surface area contributed by atoms with Crippen molar-refractivity contribution in [1.82, 2.24) is 0 Å². The first-order chi connectivity index (χ1) is 6.93. The van der Waals surface area contributed by atoms with Crippen LogP contribution >= 0.6 is 0 Å². The molecule has 78 valence electrons. The molecule has 0 aromatic carbocycles. The molecule has 1 aliphatic rings. The zero-order valence-electron chi connectivity index (χ0n) is 8.87. The van der Waals surface area contributed by atoms with Gasteiger partial charge in [-0.25, -0.2) is 0 Å². The second-order valence-electron chi connectivity index (χ2n) is 3.92. The minimum Gasteiger partial charge on any atom is -0.298 e. The van der Waals surface area contributed by atoms with E-state index in [2.05, 4.69) is 12.2 Å². The van der Waals surface area contributed by atoms with Gasteiger partial charge < -0.3 is 0 Å². The third-order valence-electron chi connectivity index (χ3n) is 2.65. The van der Waals surface area contributed by atoms with Crippen LogP contribution in [0.1, 0.15) is 51.4 Å². The summed E-state index contributed by atoms with van der Waals surface area (Å²) in [5.41, 5.74) is 0.852. The van der Waals surface area contributed by atoms with Crippen molar-refractivity contribution < 1.29 is 4.79 Å². The third kappa shape index (κ3) is 5.00. The van der Waals surface area contributed by atoms with E-state index < -0.39 is 0 Å². The van der Waals surface area contributed by atoms with Crippen LogP contribution in [0.2, 0.25) is 0 Å². The SMILES string of the molecule is O=CC1=C/CCCCCCCC\C=C\1. The van der Waals surface area contributed by atoms with Crippen LogP contribution in [0.4, 0.5) is 0 Å². The lowest BCUT2D eigenvalue weighted by Gasteiger charge is -2.01. The smallest absolute Gasteiger partial charge is 0.149 e. The molecular formula is C13H20O. The lowest BCUT2D eigenvalue weighted by atomic mass is 10.0. The zero-order valence-corrected chi connectivity index (χ0v) is 8.87. The number of hydrogen-bond acceptors (Lipinski definition) is 1. The Labute approximate surface area is 86.9 Å². The van der Waals surface area contributed by atoms with E-state index in [9.17, 15) is 4.79 Å². The number of rotatable bonds is 1. The quantitative estimate of drug-likeness (QED) is 0.577. The second kappa shape index (κ2) is 7.54. The maximum Gasteiger partial charge on any atom is 0.149 e. The highest BCUT2D eigenvalue weighted by Crippen LogP contribution is 2.11. The largest absolute Gasteiger partial charge is 0.298 e. The molecule has 0 bridgehead atoms. The molecule has 0 saturated carbocycles. The zero-order chi connectivity index (χ0) is 10.1. The van der Waals surface area contributed by atoms with Crippen LogP contribution in [0, 0.1) is 0 Å². The van der Waals surface area contributed by atoms with Gasteiger partial charge in [-0.3, -0.25) is 4.79 Å². The normalized spacial score (nSPS) is 26.4. The molecule has 0 aromatic heterocycles. The lowest BCUT2D eigenvalue weighted by molar-refractivity contribution is -0.104. The molecule has 1 nitrogen and oxygen atoms in total. The van der Waals surface area contributed by atoms with E-state index >= 15 is 0 Å². The fourth-order valence-corrected chi connectivity index (χ4v) is 1.76. The van der Waals surface area contributed by atoms with Crippen LogP contribution in [0.15, 0.2) is 23.8 Å². The van der Waals surface area contributed by atoms with Gasteiger partial charge in [-0.15, -0.1) is 0 Å². The first-order valence-electron chi connectivity index (χ1n) is 5.75. The van der Waals surface area contributed by atoms with Crippen LogP contribution < -0.4 is 0 Å². The van der Waals surface area contributed by atoms with E-state index in [1.807, 2.05) is 6.08 Å². The van der Waals surface area contributed by atoms with Crippen molar-refractivity contribution in [2.45, 2.75) is 51.4 Å². The van der Waals surface area contributed by atoms with Gasteiger partial charge >= 0.3 is 0 Å². The standard InChI is InChI=1S/C13H20O/c14-12-13-10-8-6-4-2-1-3-5-7-9-11-13/h8,10-12H,1-7,9H2/b10-8+,13-11+. The first kappa shape index (κ1) is 11.2. The van der Waals surface area contributed by atoms with E-state index in [0.29, 0.717) is 0 Å². The Bertz CT molecular complexity index is 213. The van der Waals surface area contributed by atoms with Crippen molar-refractivity contribution in [3.63, 3.8) is 0 Å². The van der Waals surface area contributed by atoms with Gasteiger partial charge in [0.25, 0.3) is 0 Å². The Morgan fingerprint density at radius 1 is 0.929 bits per heavy atom. The maximum absolute atomic E-state index is 10.7. The Morgan fingerprint density at radius 2 is 1.57 bits per heavy atom. The average molecular weight is 192 g/mol. The molecule has 0 amide bonds. The van der Waals surface area contributed by atoms with Crippen molar-refractivity contribution in [2.75, 3.05) is 0 Å². The molecule has 1 aliphatic carbocycles. The second-order valence-corrected chi connectivity index (χ2v) is 3.92. The minimum atomic E-state index is 0.852. The maximum atomic E-state index is 10.7. The van der Waals surface area contributed by atoms with Crippen molar-refractivity contribution >= 4 is 6.29 Å². The van der Waals surface area contributed by atoms with Crippen LogP contribution in [0.5, 0.6) is 0 Å². The van der Waals surface area contributed by atoms with Crippen LogP contribution in [-0.4, -0.2) is 6.29 Å². The van der Waals surface area contributed by atoms with Crippen molar-refractivity contribution in [1.29, 1.82) is 0 Å². The molecule has 0 fully saturated rings. The van der Waals surface area contributed by atoms with Gasteiger partial charge in [0.1, 0.15) is 6.29 Å². The van der Waals surface area contributed by atoms with Gasteiger partial charge in [0.05, 0.1) is 0 Å². The van der Waals surface area contributed by atoms with Gasteiger partial charge in [0.15, 0.2) is 0 Å². The fraction of sp³-hybridized carbons (Fsp3) is 0.615. The van der Waals surface area contributed by atoms with Crippen LogP contribution in [-0.2, 0) is 4.79 Å². The van der Waals surface area contributed by atoms with E-state index in [4.69, 9.17) is 0 Å². The summed E-state index contributed by atoms with van der Waals surface area (Å²) in [5.74, 6) is 0. The summed E-state index contributed by atoms with van der Waals surface area (Å²) in [6.07, 6.45) is 17.2. The fourth-order valence-electron chi connectivity index (χ4n) is 1.76. The Balaban J connectivity index is 2.45. The molecule has 0 aromatic rings. The molecule has 1 heteroatoms. The molecule has 0 spiro atoms. The third-order valence-corrected chi connectivity index (χ3v) is 2.65. The molecular weight excluding hydrogens is 172 g/mol. The highest BCUT2D eigenvalue weighted by Gasteiger charge is 1.94. The summed E-state index contributed by atoms with van der Waals surface area (Å²) < 4.78 is 0. The van der Waals surface area contributed by atoms with Crippen LogP contribution in [0.25, 0.3) is 0 Å². The molecule has 0 atom stereocenters. The monoisotopic (exact) mass is 192 g/mol. The topological polar surface area (TPSA) is 17.1 Å². The number of carbonyl (C=O) groups excluding carboxylic acids is 1. The molecule has 0 aliphatic heterocycles. The number of aldehydes is 1. The van der Waals surface area contributed by atoms with E-state index in [0.717, 1.165) is 24.7 Å². The Morgan fingerprint density at radius 3 is 2.29 bits per heavy atom. The molecule has 14 heavy (non-hydrogen) atoms. The van der Waals surface area contributed by atoms with E-state index in [-0.39, 0.29) is 0 Å². The Kier molecular flexibility index (Phi) is 6.05. The van der Waals surface area contributed by atoms with Gasteiger partial charge in [0, 0.05) is 5.57 Å². The summed E-state index contributed by atoms with van der Waals surface area (Å²) in [4.78, 5) is 10.7. The molecule has 0 saturated heterocycles. The summed E-state index contributed by atoms with van der Waals surface area (Å²) in [5, 5.41) is 0. The summed E-state index contributed by atoms with van der Waals surface area (Å²) in [6.45, 7) is 0. The summed E-state index contributed by atoms with van der Waals surface area (Å²) in [6, 6.07) is 0. The predicted octanol–water partition coefficient (Wildman–Crippen LogP) is 3.80. The van der Waals surface area contributed by atoms with Gasteiger partial charge in [-0.2, -0.15) is 0 Å². The molecule has 0 radical (unpaired) electrons. The molecule has 1 rings (SSSR count). The number of allylic oxidation sites excluding steroid dienone is 4. The highest BCUT2D eigenvalue weighted by molar-refractivity contribution is 5.77. The highest BCUT2D eigenvalue weighted by atomic mass is 16.1.